The largest absolute Gasteiger partial charge is 0.497 e. The molecular formula is C24H20ClFN2O3. The lowest BCUT2D eigenvalue weighted by molar-refractivity contribution is -0.113. The number of carbonyl (C=O) groups is 2. The van der Waals surface area contributed by atoms with E-state index in [2.05, 4.69) is 10.6 Å². The number of aryl methyl sites for hydroxylation is 1. The average Bonchev–Trinajstić information content (AvgIpc) is 2.77. The molecule has 0 aliphatic rings. The molecule has 3 aromatic rings. The van der Waals surface area contributed by atoms with Crippen molar-refractivity contribution in [1.29, 1.82) is 0 Å². The summed E-state index contributed by atoms with van der Waals surface area (Å²) in [6, 6.07) is 17.1. The minimum atomic E-state index is -0.545. The summed E-state index contributed by atoms with van der Waals surface area (Å²) in [5, 5.41) is 5.85. The second-order valence-electron chi connectivity index (χ2n) is 6.71. The average molecular weight is 439 g/mol. The Bertz CT molecular complexity index is 1130. The molecule has 7 heteroatoms. The highest BCUT2D eigenvalue weighted by molar-refractivity contribution is 6.31. The van der Waals surface area contributed by atoms with Gasteiger partial charge in [0.15, 0.2) is 0 Å². The zero-order chi connectivity index (χ0) is 22.4. The maximum absolute atomic E-state index is 13.3. The molecule has 0 heterocycles. The van der Waals surface area contributed by atoms with Gasteiger partial charge in [0.1, 0.15) is 17.3 Å². The van der Waals surface area contributed by atoms with E-state index in [1.54, 1.807) is 42.5 Å². The molecule has 0 radical (unpaired) electrons. The van der Waals surface area contributed by atoms with E-state index < -0.39 is 17.6 Å². The van der Waals surface area contributed by atoms with Crippen LogP contribution >= 0.6 is 11.6 Å². The van der Waals surface area contributed by atoms with Crippen LogP contribution in [0.5, 0.6) is 5.75 Å². The van der Waals surface area contributed by atoms with E-state index in [4.69, 9.17) is 16.3 Å². The summed E-state index contributed by atoms with van der Waals surface area (Å²) in [5.41, 5.74) is 2.20. The number of hydrogen-bond donors (Lipinski definition) is 2. The molecule has 0 fully saturated rings. The number of anilines is 1. The highest BCUT2D eigenvalue weighted by atomic mass is 35.5. The monoisotopic (exact) mass is 438 g/mol. The Morgan fingerprint density at radius 3 is 2.32 bits per heavy atom. The molecule has 0 spiro atoms. The van der Waals surface area contributed by atoms with Gasteiger partial charge in [0.05, 0.1) is 7.11 Å². The van der Waals surface area contributed by atoms with E-state index in [0.717, 1.165) is 5.56 Å². The van der Waals surface area contributed by atoms with Crippen LogP contribution in [-0.2, 0) is 4.79 Å². The SMILES string of the molecule is COc1ccc(C(=O)N/C(=C\c2ccc(F)cc2)C(=O)Nc2cc(Cl)ccc2C)cc1. The van der Waals surface area contributed by atoms with Gasteiger partial charge in [-0.3, -0.25) is 9.59 Å². The fourth-order valence-electron chi connectivity index (χ4n) is 2.74. The van der Waals surface area contributed by atoms with Crippen LogP contribution in [0.15, 0.2) is 72.4 Å². The van der Waals surface area contributed by atoms with Crippen molar-refractivity contribution in [3.63, 3.8) is 0 Å². The van der Waals surface area contributed by atoms with Crippen LogP contribution in [0.3, 0.4) is 0 Å². The van der Waals surface area contributed by atoms with Gasteiger partial charge in [0.2, 0.25) is 0 Å². The molecule has 0 saturated carbocycles. The van der Waals surface area contributed by atoms with Gasteiger partial charge in [-0.15, -0.1) is 0 Å². The first-order chi connectivity index (χ1) is 14.9. The summed E-state index contributed by atoms with van der Waals surface area (Å²) in [4.78, 5) is 25.7. The van der Waals surface area contributed by atoms with Crippen LogP contribution in [0.4, 0.5) is 10.1 Å². The highest BCUT2D eigenvalue weighted by Gasteiger charge is 2.16. The van der Waals surface area contributed by atoms with Crippen LogP contribution in [0.2, 0.25) is 5.02 Å². The summed E-state index contributed by atoms with van der Waals surface area (Å²) in [6.07, 6.45) is 1.47. The highest BCUT2D eigenvalue weighted by Crippen LogP contribution is 2.21. The molecule has 0 saturated heterocycles. The van der Waals surface area contributed by atoms with Crippen molar-refractivity contribution in [1.82, 2.24) is 5.32 Å². The van der Waals surface area contributed by atoms with Crippen molar-refractivity contribution in [3.05, 3.63) is 100.0 Å². The fraction of sp³-hybridized carbons (Fsp3) is 0.0833. The number of halogens is 2. The standard InChI is InChI=1S/C24H20ClFN2O3/c1-15-3-8-18(25)14-21(15)27-24(30)22(13-16-4-9-19(26)10-5-16)28-23(29)17-6-11-20(31-2)12-7-17/h3-14H,1-2H3,(H,27,30)(H,28,29)/b22-13-. The van der Waals surface area contributed by atoms with Crippen molar-refractivity contribution in [2.45, 2.75) is 6.92 Å². The van der Waals surface area contributed by atoms with Crippen molar-refractivity contribution in [3.8, 4) is 5.75 Å². The van der Waals surface area contributed by atoms with Crippen molar-refractivity contribution < 1.29 is 18.7 Å². The maximum Gasteiger partial charge on any atom is 0.272 e. The molecule has 0 atom stereocenters. The molecule has 3 rings (SSSR count). The topological polar surface area (TPSA) is 67.4 Å². The van der Waals surface area contributed by atoms with Crippen LogP contribution < -0.4 is 15.4 Å². The van der Waals surface area contributed by atoms with Crippen LogP contribution in [-0.4, -0.2) is 18.9 Å². The maximum atomic E-state index is 13.3. The van der Waals surface area contributed by atoms with Crippen LogP contribution in [0.1, 0.15) is 21.5 Å². The smallest absolute Gasteiger partial charge is 0.272 e. The Kier molecular flexibility index (Phi) is 7.05. The summed E-state index contributed by atoms with van der Waals surface area (Å²) in [6.45, 7) is 1.82. The van der Waals surface area contributed by atoms with Gasteiger partial charge in [0.25, 0.3) is 11.8 Å². The lowest BCUT2D eigenvalue weighted by Crippen LogP contribution is -2.30. The first-order valence-corrected chi connectivity index (χ1v) is 9.73. The van der Waals surface area contributed by atoms with Gasteiger partial charge < -0.3 is 15.4 Å². The minimum absolute atomic E-state index is 0.00759. The molecule has 5 nitrogen and oxygen atoms in total. The molecule has 0 aromatic heterocycles. The second kappa shape index (κ2) is 9.91. The van der Waals surface area contributed by atoms with E-state index in [9.17, 15) is 14.0 Å². The zero-order valence-electron chi connectivity index (χ0n) is 16.9. The lowest BCUT2D eigenvalue weighted by atomic mass is 10.1. The second-order valence-corrected chi connectivity index (χ2v) is 7.14. The summed E-state index contributed by atoms with van der Waals surface area (Å²) in [5.74, 6) is -0.821. The third-order valence-corrected chi connectivity index (χ3v) is 4.71. The predicted octanol–water partition coefficient (Wildman–Crippen LogP) is 5.21. The number of nitrogens with one attached hydrogen (secondary N) is 2. The van der Waals surface area contributed by atoms with E-state index in [0.29, 0.717) is 27.6 Å². The number of rotatable bonds is 6. The Labute approximate surface area is 184 Å². The molecule has 0 bridgehead atoms. The summed E-state index contributed by atoms with van der Waals surface area (Å²) >= 11 is 6.03. The molecule has 2 N–H and O–H groups in total. The number of ether oxygens (including phenoxy) is 1. The van der Waals surface area contributed by atoms with Gasteiger partial charge in [-0.1, -0.05) is 29.8 Å². The molecule has 2 amide bonds. The Hall–Kier alpha value is -3.64. The van der Waals surface area contributed by atoms with Gasteiger partial charge in [-0.2, -0.15) is 0 Å². The van der Waals surface area contributed by atoms with Crippen molar-refractivity contribution in [2.75, 3.05) is 12.4 Å². The third-order valence-electron chi connectivity index (χ3n) is 4.47. The Balaban J connectivity index is 1.89. The molecule has 0 aliphatic carbocycles. The number of benzene rings is 3. The number of amides is 2. The Morgan fingerprint density at radius 2 is 1.68 bits per heavy atom. The van der Waals surface area contributed by atoms with Gasteiger partial charge in [0, 0.05) is 16.3 Å². The molecular weight excluding hydrogens is 419 g/mol. The predicted molar refractivity (Wildman–Crippen MR) is 120 cm³/mol. The number of carbonyl (C=O) groups excluding carboxylic acids is 2. The van der Waals surface area contributed by atoms with Gasteiger partial charge in [-0.25, -0.2) is 4.39 Å². The van der Waals surface area contributed by atoms with E-state index >= 15 is 0 Å². The molecule has 0 aliphatic heterocycles. The number of hydrogen-bond acceptors (Lipinski definition) is 3. The fourth-order valence-corrected chi connectivity index (χ4v) is 2.91. The number of methoxy groups -OCH3 is 1. The van der Waals surface area contributed by atoms with E-state index in [1.165, 1.54) is 37.5 Å². The summed E-state index contributed by atoms with van der Waals surface area (Å²) in [7, 11) is 1.53. The first kappa shape index (κ1) is 22.1. The van der Waals surface area contributed by atoms with Crippen molar-refractivity contribution >= 4 is 35.2 Å². The molecule has 0 unspecified atom stereocenters. The zero-order valence-corrected chi connectivity index (χ0v) is 17.7. The van der Waals surface area contributed by atoms with Crippen LogP contribution in [0, 0.1) is 12.7 Å². The third kappa shape index (κ3) is 5.93. The quantitative estimate of drug-likeness (QED) is 0.519. The Morgan fingerprint density at radius 1 is 1.00 bits per heavy atom. The normalized spacial score (nSPS) is 11.0. The molecule has 31 heavy (non-hydrogen) atoms. The van der Waals surface area contributed by atoms with Crippen molar-refractivity contribution in [2.24, 2.45) is 0 Å². The molecule has 3 aromatic carbocycles. The summed E-state index contributed by atoms with van der Waals surface area (Å²) < 4.78 is 18.3. The van der Waals surface area contributed by atoms with Crippen LogP contribution in [0.25, 0.3) is 6.08 Å². The molecule has 158 valence electrons. The van der Waals surface area contributed by atoms with Gasteiger partial charge in [-0.05, 0) is 72.7 Å². The van der Waals surface area contributed by atoms with E-state index in [-0.39, 0.29) is 5.70 Å². The van der Waals surface area contributed by atoms with Gasteiger partial charge >= 0.3 is 0 Å². The van der Waals surface area contributed by atoms with E-state index in [1.807, 2.05) is 6.92 Å². The lowest BCUT2D eigenvalue weighted by Gasteiger charge is -2.13. The minimum Gasteiger partial charge on any atom is -0.497 e. The first-order valence-electron chi connectivity index (χ1n) is 9.36.